The van der Waals surface area contributed by atoms with E-state index in [2.05, 4.69) is 20.6 Å². The van der Waals surface area contributed by atoms with Crippen LogP contribution >= 0.6 is 0 Å². The normalized spacial score (nSPS) is 16.8. The number of aromatic nitrogens is 2. The van der Waals surface area contributed by atoms with Gasteiger partial charge in [-0.1, -0.05) is 19.3 Å². The molecule has 1 saturated carbocycles. The van der Waals surface area contributed by atoms with Gasteiger partial charge in [0, 0.05) is 19.7 Å². The fraction of sp³-hybridized carbons (Fsp3) is 0.692. The van der Waals surface area contributed by atoms with Crippen molar-refractivity contribution < 1.29 is 0 Å². The molecule has 1 aromatic heterocycles. The van der Waals surface area contributed by atoms with Gasteiger partial charge in [0.05, 0.1) is 0 Å². The molecule has 4 nitrogen and oxygen atoms in total. The zero-order valence-corrected chi connectivity index (χ0v) is 10.8. The van der Waals surface area contributed by atoms with E-state index in [0.717, 1.165) is 29.9 Å². The Kier molecular flexibility index (Phi) is 4.18. The highest BCUT2D eigenvalue weighted by Crippen LogP contribution is 2.23. The van der Waals surface area contributed by atoms with Gasteiger partial charge >= 0.3 is 0 Å². The first-order valence-corrected chi connectivity index (χ1v) is 6.55. The summed E-state index contributed by atoms with van der Waals surface area (Å²) in [5.41, 5.74) is 0. The molecule has 1 aromatic rings. The van der Waals surface area contributed by atoms with Crippen LogP contribution in [0.25, 0.3) is 0 Å². The van der Waals surface area contributed by atoms with Gasteiger partial charge in [0.25, 0.3) is 0 Å². The minimum Gasteiger partial charge on any atom is -0.373 e. The SMILES string of the molecule is CNc1cc(NCC2CCCCC2)nc(C)n1. The maximum Gasteiger partial charge on any atom is 0.131 e. The zero-order chi connectivity index (χ0) is 12.1. The van der Waals surface area contributed by atoms with Crippen LogP contribution in [0.4, 0.5) is 11.6 Å². The lowest BCUT2D eigenvalue weighted by atomic mass is 9.89. The number of nitrogens with one attached hydrogen (secondary N) is 2. The summed E-state index contributed by atoms with van der Waals surface area (Å²) in [6.07, 6.45) is 6.90. The quantitative estimate of drug-likeness (QED) is 0.841. The van der Waals surface area contributed by atoms with Gasteiger partial charge in [0.1, 0.15) is 17.5 Å². The van der Waals surface area contributed by atoms with Crippen molar-refractivity contribution in [2.45, 2.75) is 39.0 Å². The molecular formula is C13H22N4. The lowest BCUT2D eigenvalue weighted by Crippen LogP contribution is -2.18. The second-order valence-electron chi connectivity index (χ2n) is 4.82. The number of anilines is 2. The Morgan fingerprint density at radius 2 is 1.88 bits per heavy atom. The van der Waals surface area contributed by atoms with Gasteiger partial charge in [-0.25, -0.2) is 9.97 Å². The Labute approximate surface area is 103 Å². The highest BCUT2D eigenvalue weighted by atomic mass is 15.1. The van der Waals surface area contributed by atoms with Gasteiger partial charge in [-0.05, 0) is 25.7 Å². The molecule has 0 amide bonds. The Hall–Kier alpha value is -1.32. The Morgan fingerprint density at radius 3 is 2.59 bits per heavy atom. The summed E-state index contributed by atoms with van der Waals surface area (Å²) in [6, 6.07) is 1.97. The monoisotopic (exact) mass is 234 g/mol. The van der Waals surface area contributed by atoms with Gasteiger partial charge in [-0.3, -0.25) is 0 Å². The molecule has 0 bridgehead atoms. The van der Waals surface area contributed by atoms with Gasteiger partial charge < -0.3 is 10.6 Å². The minimum absolute atomic E-state index is 0.808. The van der Waals surface area contributed by atoms with Crippen molar-refractivity contribution in [2.75, 3.05) is 24.2 Å². The van der Waals surface area contributed by atoms with Gasteiger partial charge in [-0.15, -0.1) is 0 Å². The van der Waals surface area contributed by atoms with E-state index in [1.165, 1.54) is 32.1 Å². The highest BCUT2D eigenvalue weighted by molar-refractivity contribution is 5.47. The van der Waals surface area contributed by atoms with E-state index in [9.17, 15) is 0 Å². The number of nitrogens with zero attached hydrogens (tertiary/aromatic N) is 2. The molecule has 1 heterocycles. The van der Waals surface area contributed by atoms with Crippen LogP contribution in [0.5, 0.6) is 0 Å². The van der Waals surface area contributed by atoms with Gasteiger partial charge in [0.2, 0.25) is 0 Å². The summed E-state index contributed by atoms with van der Waals surface area (Å²) in [6.45, 7) is 2.96. The molecule has 1 aliphatic rings. The predicted molar refractivity (Wildman–Crippen MR) is 71.4 cm³/mol. The van der Waals surface area contributed by atoms with Crippen LogP contribution in [0.1, 0.15) is 37.9 Å². The molecule has 94 valence electrons. The molecule has 2 N–H and O–H groups in total. The predicted octanol–water partition coefficient (Wildman–Crippen LogP) is 2.82. The van der Waals surface area contributed by atoms with Crippen LogP contribution in [0, 0.1) is 12.8 Å². The standard InChI is InChI=1S/C13H22N4/c1-10-16-12(14-2)8-13(17-10)15-9-11-6-4-3-5-7-11/h8,11H,3-7,9H2,1-2H3,(H2,14,15,16,17). The van der Waals surface area contributed by atoms with Crippen molar-refractivity contribution in [3.63, 3.8) is 0 Å². The molecule has 1 aliphatic carbocycles. The summed E-state index contributed by atoms with van der Waals surface area (Å²) >= 11 is 0. The number of aryl methyl sites for hydroxylation is 1. The van der Waals surface area contributed by atoms with Crippen molar-refractivity contribution in [3.8, 4) is 0 Å². The smallest absolute Gasteiger partial charge is 0.131 e. The molecule has 17 heavy (non-hydrogen) atoms. The van der Waals surface area contributed by atoms with E-state index in [-0.39, 0.29) is 0 Å². The number of hydrogen-bond acceptors (Lipinski definition) is 4. The molecule has 0 aliphatic heterocycles. The Bertz CT molecular complexity index is 358. The van der Waals surface area contributed by atoms with Crippen molar-refractivity contribution in [1.82, 2.24) is 9.97 Å². The summed E-state index contributed by atoms with van der Waals surface area (Å²) in [7, 11) is 1.88. The average molecular weight is 234 g/mol. The van der Waals surface area contributed by atoms with Crippen LogP contribution in [0.15, 0.2) is 6.07 Å². The van der Waals surface area contributed by atoms with Crippen molar-refractivity contribution in [2.24, 2.45) is 5.92 Å². The maximum absolute atomic E-state index is 4.40. The molecule has 4 heteroatoms. The van der Waals surface area contributed by atoms with Crippen LogP contribution in [-0.2, 0) is 0 Å². The highest BCUT2D eigenvalue weighted by Gasteiger charge is 2.13. The zero-order valence-electron chi connectivity index (χ0n) is 10.8. The third-order valence-electron chi connectivity index (χ3n) is 3.39. The van der Waals surface area contributed by atoms with Gasteiger partial charge in [0.15, 0.2) is 0 Å². The average Bonchev–Trinajstić information content (AvgIpc) is 2.37. The molecule has 1 fully saturated rings. The summed E-state index contributed by atoms with van der Waals surface area (Å²) in [5.74, 6) is 3.44. The van der Waals surface area contributed by atoms with Crippen LogP contribution in [0.2, 0.25) is 0 Å². The second-order valence-corrected chi connectivity index (χ2v) is 4.82. The Balaban J connectivity index is 1.91. The molecule has 0 spiro atoms. The first-order valence-electron chi connectivity index (χ1n) is 6.55. The van der Waals surface area contributed by atoms with Crippen LogP contribution < -0.4 is 10.6 Å². The molecule has 0 aromatic carbocycles. The molecule has 0 unspecified atom stereocenters. The fourth-order valence-corrected chi connectivity index (χ4v) is 2.43. The first kappa shape index (κ1) is 12.1. The van der Waals surface area contributed by atoms with Crippen molar-refractivity contribution in [3.05, 3.63) is 11.9 Å². The van der Waals surface area contributed by atoms with E-state index >= 15 is 0 Å². The lowest BCUT2D eigenvalue weighted by Gasteiger charge is -2.22. The third kappa shape index (κ3) is 3.58. The van der Waals surface area contributed by atoms with Gasteiger partial charge in [-0.2, -0.15) is 0 Å². The molecule has 0 atom stereocenters. The number of hydrogen-bond donors (Lipinski definition) is 2. The second kappa shape index (κ2) is 5.84. The summed E-state index contributed by atoms with van der Waals surface area (Å²) < 4.78 is 0. The molecular weight excluding hydrogens is 212 g/mol. The maximum atomic E-state index is 4.40. The van der Waals surface area contributed by atoms with Crippen molar-refractivity contribution >= 4 is 11.6 Å². The summed E-state index contributed by atoms with van der Waals surface area (Å²) in [4.78, 5) is 8.69. The topological polar surface area (TPSA) is 49.8 Å². The minimum atomic E-state index is 0.808. The molecule has 2 rings (SSSR count). The first-order chi connectivity index (χ1) is 8.28. The van der Waals surface area contributed by atoms with Crippen molar-refractivity contribution in [1.29, 1.82) is 0 Å². The van der Waals surface area contributed by atoms with Crippen LogP contribution in [-0.4, -0.2) is 23.6 Å². The lowest BCUT2D eigenvalue weighted by molar-refractivity contribution is 0.373. The molecule has 0 saturated heterocycles. The van der Waals surface area contributed by atoms with E-state index in [1.807, 2.05) is 20.0 Å². The third-order valence-corrected chi connectivity index (χ3v) is 3.39. The fourth-order valence-electron chi connectivity index (χ4n) is 2.43. The Morgan fingerprint density at radius 1 is 1.18 bits per heavy atom. The van der Waals surface area contributed by atoms with E-state index < -0.39 is 0 Å². The summed E-state index contributed by atoms with van der Waals surface area (Å²) in [5, 5.41) is 6.49. The largest absolute Gasteiger partial charge is 0.373 e. The van der Waals surface area contributed by atoms with Crippen LogP contribution in [0.3, 0.4) is 0 Å². The van der Waals surface area contributed by atoms with E-state index in [4.69, 9.17) is 0 Å². The number of rotatable bonds is 4. The van der Waals surface area contributed by atoms with E-state index in [0.29, 0.717) is 0 Å². The van der Waals surface area contributed by atoms with E-state index in [1.54, 1.807) is 0 Å². The molecule has 0 radical (unpaired) electrons.